The highest BCUT2D eigenvalue weighted by molar-refractivity contribution is 7.89. The van der Waals surface area contributed by atoms with Crippen molar-refractivity contribution in [3.05, 3.63) is 28.5 Å². The SMILES string of the molecule is CC(C)(C)CNS(=O)(=O)c1cc(F)c(Cl)c(C(=O)O)c1. The van der Waals surface area contributed by atoms with Crippen molar-refractivity contribution in [1.29, 1.82) is 0 Å². The van der Waals surface area contributed by atoms with Crippen molar-refractivity contribution in [3.8, 4) is 0 Å². The fourth-order valence-electron chi connectivity index (χ4n) is 1.27. The average Bonchev–Trinajstić information content (AvgIpc) is 2.28. The number of rotatable bonds is 4. The first-order chi connectivity index (χ1) is 8.94. The molecule has 1 aromatic carbocycles. The standard InChI is InChI=1S/C12H15ClFNO4S/c1-12(2,3)6-15-20(18,19)7-4-8(11(16)17)10(13)9(14)5-7/h4-5,15H,6H2,1-3H3,(H,16,17). The maximum Gasteiger partial charge on any atom is 0.337 e. The summed E-state index contributed by atoms with van der Waals surface area (Å²) in [4.78, 5) is 10.4. The van der Waals surface area contributed by atoms with Crippen LogP contribution < -0.4 is 4.72 Å². The second kappa shape index (κ2) is 5.67. The normalized spacial score (nSPS) is 12.4. The summed E-state index contributed by atoms with van der Waals surface area (Å²) in [6.07, 6.45) is 0. The Bertz CT molecular complexity index is 638. The first-order valence-electron chi connectivity index (χ1n) is 5.66. The summed E-state index contributed by atoms with van der Waals surface area (Å²) in [7, 11) is -4.00. The van der Waals surface area contributed by atoms with Gasteiger partial charge in [0.15, 0.2) is 0 Å². The molecule has 0 aliphatic carbocycles. The van der Waals surface area contributed by atoms with Crippen molar-refractivity contribution in [3.63, 3.8) is 0 Å². The number of carbonyl (C=O) groups is 1. The highest BCUT2D eigenvalue weighted by Crippen LogP contribution is 2.25. The molecule has 1 rings (SSSR count). The first-order valence-corrected chi connectivity index (χ1v) is 7.52. The number of hydrogen-bond acceptors (Lipinski definition) is 3. The maximum atomic E-state index is 13.5. The minimum absolute atomic E-state index is 0.127. The predicted octanol–water partition coefficient (Wildman–Crippen LogP) is 2.50. The molecule has 0 saturated heterocycles. The van der Waals surface area contributed by atoms with E-state index in [4.69, 9.17) is 16.7 Å². The number of hydrogen-bond donors (Lipinski definition) is 2. The van der Waals surface area contributed by atoms with Gasteiger partial charge in [-0.3, -0.25) is 0 Å². The molecular formula is C12H15ClFNO4S. The van der Waals surface area contributed by atoms with Gasteiger partial charge in [-0.1, -0.05) is 32.4 Å². The molecule has 0 spiro atoms. The van der Waals surface area contributed by atoms with Crippen LogP contribution in [0.4, 0.5) is 4.39 Å². The van der Waals surface area contributed by atoms with Gasteiger partial charge in [-0.2, -0.15) is 0 Å². The highest BCUT2D eigenvalue weighted by Gasteiger charge is 2.23. The quantitative estimate of drug-likeness (QED) is 0.891. The Kier molecular flexibility index (Phi) is 4.78. The van der Waals surface area contributed by atoms with Gasteiger partial charge in [0.05, 0.1) is 15.5 Å². The summed E-state index contributed by atoms with van der Waals surface area (Å²) in [6, 6.07) is 1.53. The molecule has 0 aliphatic heterocycles. The van der Waals surface area contributed by atoms with Gasteiger partial charge in [-0.05, 0) is 17.5 Å². The second-order valence-electron chi connectivity index (χ2n) is 5.46. The van der Waals surface area contributed by atoms with Crippen LogP contribution in [0.1, 0.15) is 31.1 Å². The Morgan fingerprint density at radius 1 is 1.40 bits per heavy atom. The molecule has 20 heavy (non-hydrogen) atoms. The smallest absolute Gasteiger partial charge is 0.337 e. The van der Waals surface area contributed by atoms with Gasteiger partial charge >= 0.3 is 5.97 Å². The summed E-state index contributed by atoms with van der Waals surface area (Å²) < 4.78 is 39.8. The molecule has 8 heteroatoms. The average molecular weight is 324 g/mol. The topological polar surface area (TPSA) is 83.5 Å². The molecule has 112 valence electrons. The molecular weight excluding hydrogens is 309 g/mol. The fourth-order valence-corrected chi connectivity index (χ4v) is 2.78. The van der Waals surface area contributed by atoms with Crippen molar-refractivity contribution in [2.75, 3.05) is 6.54 Å². The number of nitrogens with one attached hydrogen (secondary N) is 1. The van der Waals surface area contributed by atoms with E-state index < -0.39 is 37.3 Å². The van der Waals surface area contributed by atoms with Crippen molar-refractivity contribution >= 4 is 27.6 Å². The van der Waals surface area contributed by atoms with Crippen LogP contribution in [0, 0.1) is 11.2 Å². The lowest BCUT2D eigenvalue weighted by Gasteiger charge is -2.19. The fraction of sp³-hybridized carbons (Fsp3) is 0.417. The number of carboxylic acids is 1. The molecule has 0 atom stereocenters. The molecule has 0 bridgehead atoms. The van der Waals surface area contributed by atoms with E-state index in [0.29, 0.717) is 6.07 Å². The van der Waals surface area contributed by atoms with Crippen LogP contribution >= 0.6 is 11.6 Å². The van der Waals surface area contributed by atoms with E-state index in [1.165, 1.54) is 0 Å². The van der Waals surface area contributed by atoms with E-state index in [-0.39, 0.29) is 12.0 Å². The molecule has 2 N–H and O–H groups in total. The van der Waals surface area contributed by atoms with E-state index in [9.17, 15) is 17.6 Å². The molecule has 0 heterocycles. The van der Waals surface area contributed by atoms with Gasteiger partial charge in [0.25, 0.3) is 0 Å². The minimum Gasteiger partial charge on any atom is -0.478 e. The molecule has 0 fully saturated rings. The number of carboxylic acid groups (broad SMARTS) is 1. The van der Waals surface area contributed by atoms with Gasteiger partial charge in [-0.15, -0.1) is 0 Å². The van der Waals surface area contributed by atoms with Crippen LogP contribution in [0.5, 0.6) is 0 Å². The second-order valence-corrected chi connectivity index (χ2v) is 7.60. The Morgan fingerprint density at radius 2 is 1.95 bits per heavy atom. The third-order valence-corrected chi connectivity index (χ3v) is 4.10. The van der Waals surface area contributed by atoms with Crippen molar-refractivity contribution in [1.82, 2.24) is 4.72 Å². The Balaban J connectivity index is 3.23. The van der Waals surface area contributed by atoms with Gasteiger partial charge in [0.1, 0.15) is 5.82 Å². The highest BCUT2D eigenvalue weighted by atomic mass is 35.5. The summed E-state index contributed by atoms with van der Waals surface area (Å²) in [5.41, 5.74) is -0.906. The van der Waals surface area contributed by atoms with E-state index in [1.807, 2.05) is 20.8 Å². The lowest BCUT2D eigenvalue weighted by molar-refractivity contribution is 0.0696. The molecule has 0 radical (unpaired) electrons. The minimum atomic E-state index is -4.00. The number of sulfonamides is 1. The zero-order valence-electron chi connectivity index (χ0n) is 11.2. The molecule has 0 aliphatic rings. The van der Waals surface area contributed by atoms with E-state index in [0.717, 1.165) is 6.07 Å². The van der Waals surface area contributed by atoms with Gasteiger partial charge < -0.3 is 5.11 Å². The first kappa shape index (κ1) is 16.9. The lowest BCUT2D eigenvalue weighted by Crippen LogP contribution is -2.32. The van der Waals surface area contributed by atoms with Crippen LogP contribution in [0.15, 0.2) is 17.0 Å². The molecule has 1 aromatic rings. The van der Waals surface area contributed by atoms with E-state index in [1.54, 1.807) is 0 Å². The number of halogens is 2. The van der Waals surface area contributed by atoms with Crippen molar-refractivity contribution in [2.24, 2.45) is 5.41 Å². The zero-order valence-corrected chi connectivity index (χ0v) is 12.8. The third kappa shape index (κ3) is 4.16. The summed E-state index contributed by atoms with van der Waals surface area (Å²) in [5.74, 6) is -2.59. The van der Waals surface area contributed by atoms with Crippen LogP contribution in [-0.4, -0.2) is 26.0 Å². The maximum absolute atomic E-state index is 13.5. The van der Waals surface area contributed by atoms with E-state index >= 15 is 0 Å². The van der Waals surface area contributed by atoms with Gasteiger partial charge in [0.2, 0.25) is 10.0 Å². The summed E-state index contributed by atoms with van der Waals surface area (Å²) in [5, 5.41) is 8.25. The molecule has 0 saturated carbocycles. The van der Waals surface area contributed by atoms with Crippen LogP contribution in [0.2, 0.25) is 5.02 Å². The van der Waals surface area contributed by atoms with Crippen molar-refractivity contribution < 1.29 is 22.7 Å². The van der Waals surface area contributed by atoms with Crippen molar-refractivity contribution in [2.45, 2.75) is 25.7 Å². The molecule has 0 unspecified atom stereocenters. The molecule has 0 aromatic heterocycles. The van der Waals surface area contributed by atoms with Crippen LogP contribution in [0.3, 0.4) is 0 Å². The monoisotopic (exact) mass is 323 g/mol. The number of aromatic carboxylic acids is 1. The lowest BCUT2D eigenvalue weighted by atomic mass is 9.98. The summed E-state index contributed by atoms with van der Waals surface area (Å²) in [6.45, 7) is 5.59. The van der Waals surface area contributed by atoms with Gasteiger partial charge in [0, 0.05) is 6.54 Å². The Hall–Kier alpha value is -1.18. The molecule has 0 amide bonds. The largest absolute Gasteiger partial charge is 0.478 e. The number of benzene rings is 1. The molecule has 5 nitrogen and oxygen atoms in total. The zero-order chi connectivity index (χ0) is 15.7. The summed E-state index contributed by atoms with van der Waals surface area (Å²) >= 11 is 5.49. The predicted molar refractivity (Wildman–Crippen MR) is 73.0 cm³/mol. The van der Waals surface area contributed by atoms with E-state index in [2.05, 4.69) is 4.72 Å². The van der Waals surface area contributed by atoms with Crippen LogP contribution in [-0.2, 0) is 10.0 Å². The van der Waals surface area contributed by atoms with Gasteiger partial charge in [-0.25, -0.2) is 22.3 Å². The van der Waals surface area contributed by atoms with Crippen LogP contribution in [0.25, 0.3) is 0 Å². The third-order valence-electron chi connectivity index (χ3n) is 2.33. The Morgan fingerprint density at radius 3 is 2.40 bits per heavy atom. The Labute approximate surface area is 121 Å².